The number of sulfone groups is 5. The van der Waals surface area contributed by atoms with Gasteiger partial charge in [-0.15, -0.1) is 0 Å². The number of hydrogen-bond donors (Lipinski definition) is 4. The first-order valence-corrected chi connectivity index (χ1v) is 58.7. The van der Waals surface area contributed by atoms with Gasteiger partial charge in [0.15, 0.2) is 49.2 Å². The number of benzene rings is 11. The van der Waals surface area contributed by atoms with Crippen LogP contribution in [0.5, 0.6) is 0 Å². The number of piperidine rings is 4. The highest BCUT2D eigenvalue weighted by atomic mass is 32.2. The summed E-state index contributed by atoms with van der Waals surface area (Å²) in [6.07, 6.45) is 17.0. The summed E-state index contributed by atoms with van der Waals surface area (Å²) >= 11 is 0. The fraction of sp³-hybridized carbons (Fsp3) is 0.330. The zero-order valence-corrected chi connectivity index (χ0v) is 87.3. The Morgan fingerprint density at radius 3 is 0.705 bits per heavy atom. The number of para-hydroxylation sites is 4. The quantitative estimate of drug-likeness (QED) is 0.0281. The molecule has 4 amide bonds. The summed E-state index contributed by atoms with van der Waals surface area (Å²) in [4.78, 5) is 73.7. The second-order valence-electron chi connectivity index (χ2n) is 37.7. The summed E-state index contributed by atoms with van der Waals surface area (Å²) in [5.74, 6) is 1.18. The van der Waals surface area contributed by atoms with Gasteiger partial charge in [0.05, 0.1) is 24.5 Å². The zero-order valence-electron chi connectivity index (χ0n) is 83.2. The lowest BCUT2D eigenvalue weighted by Crippen LogP contribution is -2.39. The Morgan fingerprint density at radius 1 is 0.267 bits per heavy atom. The maximum atomic E-state index is 14.0. The fourth-order valence-electron chi connectivity index (χ4n) is 18.4. The van der Waals surface area contributed by atoms with E-state index in [0.717, 1.165) is 203 Å². The number of aromatic nitrogens is 1. The van der Waals surface area contributed by atoms with Crippen LogP contribution in [0.3, 0.4) is 0 Å². The minimum atomic E-state index is -3.32. The number of halogens is 2. The maximum Gasteiger partial charge on any atom is 0.225 e. The predicted molar refractivity (Wildman–Crippen MR) is 578 cm³/mol. The number of pyridine rings is 1. The molecule has 0 aliphatic carbocycles. The van der Waals surface area contributed by atoms with Crippen LogP contribution in [-0.4, -0.2) is 226 Å². The van der Waals surface area contributed by atoms with E-state index in [1.165, 1.54) is 72.2 Å². The molecule has 27 nitrogen and oxygen atoms in total. The van der Waals surface area contributed by atoms with Crippen LogP contribution < -0.4 is 40.9 Å². The zero-order chi connectivity index (χ0) is 104. The predicted octanol–water partition coefficient (Wildman–Crippen LogP) is 19.0. The summed E-state index contributed by atoms with van der Waals surface area (Å²) in [6, 6.07) is 92.0. The Hall–Kier alpha value is -12.9. The number of likely N-dealkylation sites (tertiary alicyclic amines) is 4. The summed E-state index contributed by atoms with van der Waals surface area (Å²) in [6.45, 7) is 13.8. The van der Waals surface area contributed by atoms with Gasteiger partial charge in [-0.05, 0) is 346 Å². The molecule has 0 unspecified atom stereocenters. The highest BCUT2D eigenvalue weighted by molar-refractivity contribution is 7.91. The number of carbonyl (C=O) groups is 4. The van der Waals surface area contributed by atoms with E-state index < -0.39 is 49.2 Å². The Kier molecular flexibility index (Phi) is 40.0. The third kappa shape index (κ3) is 35.2. The molecule has 4 aliphatic heterocycles. The van der Waals surface area contributed by atoms with Crippen molar-refractivity contribution >= 4 is 141 Å². The van der Waals surface area contributed by atoms with Gasteiger partial charge in [0, 0.05) is 178 Å². The van der Waals surface area contributed by atoms with Crippen molar-refractivity contribution < 1.29 is 70.0 Å². The molecule has 0 bridgehead atoms. The minimum Gasteiger partial charge on any atom is -0.340 e. The lowest BCUT2D eigenvalue weighted by Gasteiger charge is -2.34. The van der Waals surface area contributed by atoms with Gasteiger partial charge in [-0.25, -0.2) is 55.9 Å². The molecule has 146 heavy (non-hydrogen) atoms. The average Bonchev–Trinajstić information content (AvgIpc) is 0.819. The lowest BCUT2D eigenvalue weighted by molar-refractivity contribution is -0.118. The number of nitrogens with one attached hydrogen (secondary N) is 4. The Morgan fingerprint density at radius 2 is 0.479 bits per heavy atom. The van der Waals surface area contributed by atoms with Crippen LogP contribution in [0.25, 0.3) is 0 Å². The van der Waals surface area contributed by atoms with E-state index in [9.17, 15) is 70.0 Å². The van der Waals surface area contributed by atoms with Crippen LogP contribution in [0, 0.1) is 35.3 Å². The van der Waals surface area contributed by atoms with Crippen molar-refractivity contribution in [2.45, 2.75) is 102 Å². The summed E-state index contributed by atoms with van der Waals surface area (Å²) in [5.41, 5.74) is 9.49. The molecular weight excluding hydrogens is 1950 g/mol. The first-order valence-electron chi connectivity index (χ1n) is 49.2. The van der Waals surface area contributed by atoms with Gasteiger partial charge in [-0.3, -0.25) is 19.2 Å². The molecule has 11 aromatic carbocycles. The van der Waals surface area contributed by atoms with E-state index in [1.807, 2.05) is 108 Å². The molecule has 0 spiro atoms. The smallest absolute Gasteiger partial charge is 0.225 e. The van der Waals surface area contributed by atoms with E-state index in [0.29, 0.717) is 83.4 Å². The largest absolute Gasteiger partial charge is 0.340 e. The molecule has 0 saturated carbocycles. The van der Waals surface area contributed by atoms with Crippen molar-refractivity contribution in [3.63, 3.8) is 0 Å². The average molecular weight is 2080 g/mol. The van der Waals surface area contributed by atoms with E-state index in [4.69, 9.17) is 0 Å². The Bertz CT molecular complexity index is 6790. The standard InChI is InChI=1S/C29H34FN3O5S2.C29H35N3O5S2.C28H32FN3O3S.C26H30N4O/c1-39(35,36)27-10-6-24(7-11-27)31-29(34)20-22-14-16-32(17-15-22)18-19-33(26-5-3-4-23(30)21-26)25-8-12-28(13-9-25)40(2,37)38;1-38(34,35)27-12-8-24(9-13-27)30-29(33)22-23-16-18-31(19-17-23)20-21-32(25-6-4-3-5-7-25)26-10-14-28(15-11-26)39(2,36)37;1-36(34,35)27-12-10-24(11-13-27)30-28(33)20-22-14-16-31(17-15-22)18-19-32(25-7-3-2-4-8-25)26-9-5-6-23(29)21-26;31-26(28-25-13-7-8-16-27-25)21-22-14-17-29(18-15-22)19-20-30(23-9-3-1-4-10-23)24-11-5-2-6-12-24/h3-13,21-22H,14-20H2,1-2H3,(H,31,34);3-15,23H,16-22H2,1-2H3,(H,30,33);2-13,21-22H,14-20H2,1H3,(H,30,33);1-13,16,22H,14-15,17-21H2,(H,27,28,31). The Labute approximate surface area is 859 Å². The van der Waals surface area contributed by atoms with Crippen LogP contribution in [-0.2, 0) is 68.4 Å². The monoisotopic (exact) mass is 2080 g/mol. The molecule has 4 fully saturated rings. The van der Waals surface area contributed by atoms with Gasteiger partial charge in [0.2, 0.25) is 23.6 Å². The number of carbonyl (C=O) groups excluding carboxylic acids is 4. The highest BCUT2D eigenvalue weighted by Gasteiger charge is 2.30. The third-order valence-electron chi connectivity index (χ3n) is 26.6. The topological polar surface area (TPSA) is 326 Å². The van der Waals surface area contributed by atoms with Gasteiger partial charge in [0.25, 0.3) is 0 Å². The summed E-state index contributed by atoms with van der Waals surface area (Å²) in [5, 5.41) is 11.5. The van der Waals surface area contributed by atoms with Crippen molar-refractivity contribution in [3.8, 4) is 0 Å². The first kappa shape index (κ1) is 110. The van der Waals surface area contributed by atoms with E-state index in [1.54, 1.807) is 97.2 Å². The molecule has 16 rings (SSSR count). The number of nitrogens with zero attached hydrogens (tertiary/aromatic N) is 9. The van der Waals surface area contributed by atoms with E-state index in [2.05, 4.69) is 121 Å². The Balaban J connectivity index is 0.000000163. The van der Waals surface area contributed by atoms with Crippen LogP contribution in [0.15, 0.2) is 340 Å². The van der Waals surface area contributed by atoms with Crippen molar-refractivity contribution in [1.29, 1.82) is 0 Å². The van der Waals surface area contributed by atoms with Crippen LogP contribution >= 0.6 is 0 Å². The number of anilines is 12. The lowest BCUT2D eigenvalue weighted by atomic mass is 9.93. The molecule has 4 aliphatic rings. The summed E-state index contributed by atoms with van der Waals surface area (Å²) < 4.78 is 145. The van der Waals surface area contributed by atoms with Gasteiger partial charge >= 0.3 is 0 Å². The van der Waals surface area contributed by atoms with Crippen molar-refractivity contribution in [3.05, 3.63) is 327 Å². The van der Waals surface area contributed by atoms with Crippen LogP contribution in [0.1, 0.15) is 77.0 Å². The van der Waals surface area contributed by atoms with Gasteiger partial charge in [0.1, 0.15) is 17.5 Å². The third-order valence-corrected chi connectivity index (χ3v) is 32.2. The van der Waals surface area contributed by atoms with E-state index >= 15 is 0 Å². The van der Waals surface area contributed by atoms with Crippen LogP contribution in [0.4, 0.5) is 77.2 Å². The van der Waals surface area contributed by atoms with Crippen molar-refractivity contribution in [2.24, 2.45) is 23.7 Å². The highest BCUT2D eigenvalue weighted by Crippen LogP contribution is 2.35. The van der Waals surface area contributed by atoms with Crippen molar-refractivity contribution in [1.82, 2.24) is 24.6 Å². The second kappa shape index (κ2) is 52.9. The molecule has 5 heterocycles. The van der Waals surface area contributed by atoms with Crippen molar-refractivity contribution in [2.75, 3.05) is 177 Å². The molecular formula is C112H131F2N13O14S5. The molecule has 4 saturated heterocycles. The first-order chi connectivity index (χ1) is 69.9. The maximum absolute atomic E-state index is 14.0. The SMILES string of the molecule is CS(=O)(=O)c1ccc(NC(=O)CC2CCN(CCN(c3ccc(S(C)(=O)=O)cc3)c3cccc(F)c3)CC2)cc1.CS(=O)(=O)c1ccc(NC(=O)CC2CCN(CCN(c3ccccc3)c3ccc(S(C)(=O)=O)cc3)CC2)cc1.CS(=O)(=O)c1ccc(NC(=O)CC2CCN(CCN(c3ccccc3)c3cccc(F)c3)CC2)cc1.O=C(CC1CCN(CCN(c2ccccc2)c2ccccc2)CC1)Nc1ccccn1. The summed E-state index contributed by atoms with van der Waals surface area (Å²) in [7, 11) is -16.4. The van der Waals surface area contributed by atoms with E-state index in [-0.39, 0.29) is 60.8 Å². The van der Waals surface area contributed by atoms with Gasteiger partial charge in [-0.1, -0.05) is 91.0 Å². The number of hydrogen-bond acceptors (Lipinski definition) is 23. The molecule has 772 valence electrons. The van der Waals surface area contributed by atoms with Gasteiger partial charge < -0.3 is 60.5 Å². The number of amides is 4. The molecule has 0 radical (unpaired) electrons. The number of rotatable bonds is 37. The fourth-order valence-corrected chi connectivity index (χ4v) is 21.5. The molecule has 1 aromatic heterocycles. The minimum absolute atomic E-state index is 0.0538. The molecule has 0 atom stereocenters. The van der Waals surface area contributed by atoms with Gasteiger partial charge in [-0.2, -0.15) is 0 Å². The molecule has 12 aromatic rings. The van der Waals surface area contributed by atoms with Crippen LogP contribution in [0.2, 0.25) is 0 Å². The molecule has 4 N–H and O–H groups in total. The second-order valence-corrected chi connectivity index (χ2v) is 47.8. The normalized spacial score (nSPS) is 15.0. The molecule has 34 heteroatoms.